The molecule has 1 atom stereocenters. The van der Waals surface area contributed by atoms with Crippen molar-refractivity contribution in [3.05, 3.63) is 23.8 Å². The molecule has 0 amide bonds. The Hall–Kier alpha value is -1.11. The highest BCUT2D eigenvalue weighted by molar-refractivity contribution is 7.89. The van der Waals surface area contributed by atoms with E-state index < -0.39 is 10.0 Å². The Balaban J connectivity index is 1.96. The number of benzene rings is 1. The van der Waals surface area contributed by atoms with Crippen LogP contribution in [0.5, 0.6) is 5.75 Å². The summed E-state index contributed by atoms with van der Waals surface area (Å²) in [6, 6.07) is 5.40. The van der Waals surface area contributed by atoms with E-state index in [-0.39, 0.29) is 0 Å². The molecule has 1 aliphatic rings. The second kappa shape index (κ2) is 7.24. The Labute approximate surface area is 127 Å². The number of aryl methyl sites for hydroxylation is 1. The minimum Gasteiger partial charge on any atom is -0.494 e. The van der Waals surface area contributed by atoms with E-state index in [0.29, 0.717) is 24.1 Å². The largest absolute Gasteiger partial charge is 0.494 e. The van der Waals surface area contributed by atoms with Gasteiger partial charge in [0.05, 0.1) is 11.5 Å². The summed E-state index contributed by atoms with van der Waals surface area (Å²) in [5, 5.41) is 3.36. The van der Waals surface area contributed by atoms with Gasteiger partial charge < -0.3 is 10.1 Å². The quantitative estimate of drug-likeness (QED) is 0.806. The highest BCUT2D eigenvalue weighted by Gasteiger charge is 2.18. The van der Waals surface area contributed by atoms with Gasteiger partial charge in [0.1, 0.15) is 5.75 Å². The molecule has 1 unspecified atom stereocenters. The number of hydrogen-bond donors (Lipinski definition) is 2. The lowest BCUT2D eigenvalue weighted by atomic mass is 10.2. The average molecular weight is 312 g/mol. The van der Waals surface area contributed by atoms with Crippen molar-refractivity contribution in [3.63, 3.8) is 0 Å². The Morgan fingerprint density at radius 1 is 1.43 bits per heavy atom. The maximum Gasteiger partial charge on any atom is 0.240 e. The van der Waals surface area contributed by atoms with Crippen LogP contribution in [0.4, 0.5) is 0 Å². The van der Waals surface area contributed by atoms with E-state index in [4.69, 9.17) is 4.74 Å². The summed E-state index contributed by atoms with van der Waals surface area (Å²) in [4.78, 5) is 0.294. The molecule has 2 rings (SSSR count). The zero-order valence-corrected chi connectivity index (χ0v) is 13.5. The fourth-order valence-corrected chi connectivity index (χ4v) is 3.69. The molecule has 6 heteroatoms. The van der Waals surface area contributed by atoms with Crippen LogP contribution in [-0.4, -0.2) is 34.2 Å². The van der Waals surface area contributed by atoms with Gasteiger partial charge in [0.15, 0.2) is 0 Å². The SMILES string of the molecule is CCOc1ccc(S(=O)(=O)NCCC2CCCN2)cc1C. The molecule has 1 aliphatic heterocycles. The van der Waals surface area contributed by atoms with Gasteiger partial charge in [-0.25, -0.2) is 13.1 Å². The lowest BCUT2D eigenvalue weighted by Crippen LogP contribution is -2.30. The highest BCUT2D eigenvalue weighted by atomic mass is 32.2. The smallest absolute Gasteiger partial charge is 0.240 e. The van der Waals surface area contributed by atoms with Crippen LogP contribution >= 0.6 is 0 Å². The van der Waals surface area contributed by atoms with Gasteiger partial charge in [-0.05, 0) is 63.4 Å². The zero-order valence-electron chi connectivity index (χ0n) is 12.7. The van der Waals surface area contributed by atoms with Gasteiger partial charge in [-0.1, -0.05) is 0 Å². The first-order valence-corrected chi connectivity index (χ1v) is 8.97. The summed E-state index contributed by atoms with van der Waals surface area (Å²) < 4.78 is 32.6. The third-order valence-electron chi connectivity index (χ3n) is 3.70. The van der Waals surface area contributed by atoms with Crippen molar-refractivity contribution in [2.24, 2.45) is 0 Å². The molecule has 1 aromatic rings. The lowest BCUT2D eigenvalue weighted by molar-refractivity contribution is 0.337. The van der Waals surface area contributed by atoms with Gasteiger partial charge in [0, 0.05) is 12.6 Å². The van der Waals surface area contributed by atoms with E-state index in [2.05, 4.69) is 10.0 Å². The first kappa shape index (κ1) is 16.3. The molecule has 0 spiro atoms. The van der Waals surface area contributed by atoms with Crippen LogP contribution < -0.4 is 14.8 Å². The monoisotopic (exact) mass is 312 g/mol. The summed E-state index contributed by atoms with van der Waals surface area (Å²) in [6.07, 6.45) is 3.13. The summed E-state index contributed by atoms with van der Waals surface area (Å²) in [5.74, 6) is 0.728. The molecule has 21 heavy (non-hydrogen) atoms. The normalized spacial score (nSPS) is 18.9. The molecule has 0 aromatic heterocycles. The molecule has 5 nitrogen and oxygen atoms in total. The zero-order chi connectivity index (χ0) is 15.3. The van der Waals surface area contributed by atoms with Crippen molar-refractivity contribution in [1.29, 1.82) is 0 Å². The molecule has 1 heterocycles. The Bertz CT molecular complexity index is 566. The van der Waals surface area contributed by atoms with Gasteiger partial charge in [0.2, 0.25) is 10.0 Å². The molecule has 1 aromatic carbocycles. The molecular weight excluding hydrogens is 288 g/mol. The maximum atomic E-state index is 12.3. The average Bonchev–Trinajstić information content (AvgIpc) is 2.94. The minimum atomic E-state index is -3.44. The van der Waals surface area contributed by atoms with E-state index in [0.717, 1.165) is 30.7 Å². The van der Waals surface area contributed by atoms with Crippen LogP contribution in [0.3, 0.4) is 0 Å². The number of rotatable bonds is 7. The molecule has 0 bridgehead atoms. The second-order valence-corrected chi connectivity index (χ2v) is 7.11. The first-order chi connectivity index (χ1) is 10.0. The summed E-state index contributed by atoms with van der Waals surface area (Å²) in [5.41, 5.74) is 0.831. The van der Waals surface area contributed by atoms with Crippen molar-refractivity contribution >= 4 is 10.0 Å². The molecule has 0 aliphatic carbocycles. The fraction of sp³-hybridized carbons (Fsp3) is 0.600. The van der Waals surface area contributed by atoms with E-state index in [9.17, 15) is 8.42 Å². The Morgan fingerprint density at radius 3 is 2.86 bits per heavy atom. The van der Waals surface area contributed by atoms with Crippen LogP contribution in [0.25, 0.3) is 0 Å². The third-order valence-corrected chi connectivity index (χ3v) is 5.16. The van der Waals surface area contributed by atoms with Gasteiger partial charge in [-0.2, -0.15) is 0 Å². The standard InChI is InChI=1S/C15H24N2O3S/c1-3-20-15-7-6-14(11-12(15)2)21(18,19)17-10-8-13-5-4-9-16-13/h6-7,11,13,16-17H,3-5,8-10H2,1-2H3. The molecule has 1 saturated heterocycles. The molecule has 0 radical (unpaired) electrons. The third kappa shape index (κ3) is 4.43. The Kier molecular flexibility index (Phi) is 5.61. The molecule has 1 fully saturated rings. The first-order valence-electron chi connectivity index (χ1n) is 7.49. The van der Waals surface area contributed by atoms with Crippen molar-refractivity contribution in [1.82, 2.24) is 10.0 Å². The van der Waals surface area contributed by atoms with Gasteiger partial charge in [-0.3, -0.25) is 0 Å². The number of ether oxygens (including phenoxy) is 1. The van der Waals surface area contributed by atoms with Crippen molar-refractivity contribution in [2.75, 3.05) is 19.7 Å². The van der Waals surface area contributed by atoms with Crippen LogP contribution in [0.2, 0.25) is 0 Å². The number of sulfonamides is 1. The van der Waals surface area contributed by atoms with Crippen LogP contribution in [0.15, 0.2) is 23.1 Å². The second-order valence-electron chi connectivity index (χ2n) is 5.34. The highest BCUT2D eigenvalue weighted by Crippen LogP contribution is 2.21. The lowest BCUT2D eigenvalue weighted by Gasteiger charge is -2.12. The van der Waals surface area contributed by atoms with Crippen LogP contribution in [0, 0.1) is 6.92 Å². The maximum absolute atomic E-state index is 12.3. The van der Waals surface area contributed by atoms with E-state index >= 15 is 0 Å². The van der Waals surface area contributed by atoms with Crippen molar-refractivity contribution in [2.45, 2.75) is 44.0 Å². The van der Waals surface area contributed by atoms with E-state index in [1.807, 2.05) is 13.8 Å². The summed E-state index contributed by atoms with van der Waals surface area (Å²) in [6.45, 7) is 5.83. The van der Waals surface area contributed by atoms with Crippen molar-refractivity contribution in [3.8, 4) is 5.75 Å². The van der Waals surface area contributed by atoms with Crippen LogP contribution in [0.1, 0.15) is 31.7 Å². The molecule has 118 valence electrons. The predicted molar refractivity (Wildman–Crippen MR) is 83.2 cm³/mol. The number of nitrogens with one attached hydrogen (secondary N) is 2. The van der Waals surface area contributed by atoms with Gasteiger partial charge in [-0.15, -0.1) is 0 Å². The van der Waals surface area contributed by atoms with Crippen LogP contribution in [-0.2, 0) is 10.0 Å². The fourth-order valence-electron chi connectivity index (χ4n) is 2.56. The topological polar surface area (TPSA) is 67.4 Å². The molecule has 0 saturated carbocycles. The van der Waals surface area contributed by atoms with Gasteiger partial charge in [0.25, 0.3) is 0 Å². The van der Waals surface area contributed by atoms with Gasteiger partial charge >= 0.3 is 0 Å². The predicted octanol–water partition coefficient (Wildman–Crippen LogP) is 1.81. The molecule has 2 N–H and O–H groups in total. The number of hydrogen-bond acceptors (Lipinski definition) is 4. The summed E-state index contributed by atoms with van der Waals surface area (Å²) in [7, 11) is -3.44. The minimum absolute atomic E-state index is 0.294. The van der Waals surface area contributed by atoms with Crippen molar-refractivity contribution < 1.29 is 13.2 Å². The van der Waals surface area contributed by atoms with E-state index in [1.165, 1.54) is 6.42 Å². The Morgan fingerprint density at radius 2 is 2.24 bits per heavy atom. The molecular formula is C15H24N2O3S. The summed E-state index contributed by atoms with van der Waals surface area (Å²) >= 11 is 0. The van der Waals surface area contributed by atoms with E-state index in [1.54, 1.807) is 18.2 Å².